The molecule has 0 fully saturated rings. The molecule has 0 spiro atoms. The van der Waals surface area contributed by atoms with Crippen LogP contribution in [0.3, 0.4) is 0 Å². The lowest BCUT2D eigenvalue weighted by Gasteiger charge is -2.21. The third-order valence-electron chi connectivity index (χ3n) is 3.02. The standard InChI is InChI=1S/C14H22O3/c1-10-5-6-12(13(9-10)17-4)14(15)11(2)7-8-16-3/h5-6,9,11,14-15H,7-8H2,1-4H3. The van der Waals surface area contributed by atoms with Crippen molar-refractivity contribution in [2.45, 2.75) is 26.4 Å². The summed E-state index contributed by atoms with van der Waals surface area (Å²) in [6, 6.07) is 5.87. The predicted molar refractivity (Wildman–Crippen MR) is 68.3 cm³/mol. The number of aliphatic hydroxyl groups excluding tert-OH is 1. The fraction of sp³-hybridized carbons (Fsp3) is 0.571. The van der Waals surface area contributed by atoms with Gasteiger partial charge in [0, 0.05) is 19.3 Å². The van der Waals surface area contributed by atoms with Gasteiger partial charge in [-0.15, -0.1) is 0 Å². The summed E-state index contributed by atoms with van der Waals surface area (Å²) in [5.41, 5.74) is 1.98. The molecule has 1 aromatic rings. The van der Waals surface area contributed by atoms with E-state index in [-0.39, 0.29) is 5.92 Å². The van der Waals surface area contributed by atoms with Crippen LogP contribution in [0.4, 0.5) is 0 Å². The summed E-state index contributed by atoms with van der Waals surface area (Å²) < 4.78 is 10.3. The molecule has 0 radical (unpaired) electrons. The summed E-state index contributed by atoms with van der Waals surface area (Å²) in [5.74, 6) is 0.897. The first kappa shape index (κ1) is 14.0. The molecule has 0 heterocycles. The Morgan fingerprint density at radius 1 is 1.29 bits per heavy atom. The van der Waals surface area contributed by atoms with Crippen molar-refractivity contribution in [3.63, 3.8) is 0 Å². The summed E-state index contributed by atoms with van der Waals surface area (Å²) >= 11 is 0. The maximum atomic E-state index is 10.3. The highest BCUT2D eigenvalue weighted by atomic mass is 16.5. The van der Waals surface area contributed by atoms with Crippen LogP contribution in [0.5, 0.6) is 5.75 Å². The normalized spacial score (nSPS) is 14.4. The fourth-order valence-corrected chi connectivity index (χ4v) is 1.83. The molecule has 0 aromatic heterocycles. The number of ether oxygens (including phenoxy) is 2. The van der Waals surface area contributed by atoms with Crippen LogP contribution in [0, 0.1) is 12.8 Å². The second kappa shape index (κ2) is 6.62. The Morgan fingerprint density at radius 3 is 2.59 bits per heavy atom. The molecular weight excluding hydrogens is 216 g/mol. The van der Waals surface area contributed by atoms with Crippen molar-refractivity contribution >= 4 is 0 Å². The van der Waals surface area contributed by atoms with Crippen LogP contribution < -0.4 is 4.74 Å². The van der Waals surface area contributed by atoms with E-state index in [1.54, 1.807) is 14.2 Å². The van der Waals surface area contributed by atoms with Crippen molar-refractivity contribution < 1.29 is 14.6 Å². The van der Waals surface area contributed by atoms with E-state index in [9.17, 15) is 5.11 Å². The van der Waals surface area contributed by atoms with Gasteiger partial charge in [-0.3, -0.25) is 0 Å². The Balaban J connectivity index is 2.83. The smallest absolute Gasteiger partial charge is 0.124 e. The van der Waals surface area contributed by atoms with Gasteiger partial charge in [-0.25, -0.2) is 0 Å². The average Bonchev–Trinajstić information content (AvgIpc) is 2.34. The van der Waals surface area contributed by atoms with Crippen LogP contribution in [0.25, 0.3) is 0 Å². The summed E-state index contributed by atoms with van der Waals surface area (Å²) in [6.45, 7) is 4.68. The van der Waals surface area contributed by atoms with Gasteiger partial charge in [-0.1, -0.05) is 19.1 Å². The molecule has 0 saturated carbocycles. The van der Waals surface area contributed by atoms with E-state index in [0.29, 0.717) is 6.61 Å². The molecule has 96 valence electrons. The minimum atomic E-state index is -0.513. The van der Waals surface area contributed by atoms with E-state index in [1.807, 2.05) is 32.0 Å². The Labute approximate surface area is 103 Å². The van der Waals surface area contributed by atoms with Crippen LogP contribution in [0.15, 0.2) is 18.2 Å². The Bertz CT molecular complexity index is 349. The van der Waals surface area contributed by atoms with Gasteiger partial charge in [-0.05, 0) is 30.9 Å². The lowest BCUT2D eigenvalue weighted by atomic mass is 9.93. The van der Waals surface area contributed by atoms with Crippen LogP contribution in [0.2, 0.25) is 0 Å². The van der Waals surface area contributed by atoms with Crippen LogP contribution in [-0.4, -0.2) is 25.9 Å². The number of aliphatic hydroxyl groups is 1. The van der Waals surface area contributed by atoms with Gasteiger partial charge in [0.1, 0.15) is 5.75 Å². The molecule has 1 rings (SSSR count). The first-order chi connectivity index (χ1) is 8.10. The predicted octanol–water partition coefficient (Wildman–Crippen LogP) is 2.71. The van der Waals surface area contributed by atoms with E-state index in [2.05, 4.69) is 0 Å². The fourth-order valence-electron chi connectivity index (χ4n) is 1.83. The van der Waals surface area contributed by atoms with Crippen molar-refractivity contribution in [3.8, 4) is 5.75 Å². The van der Waals surface area contributed by atoms with Crippen molar-refractivity contribution in [1.29, 1.82) is 0 Å². The molecule has 0 saturated heterocycles. The average molecular weight is 238 g/mol. The van der Waals surface area contributed by atoms with Gasteiger partial charge in [0.2, 0.25) is 0 Å². The topological polar surface area (TPSA) is 38.7 Å². The molecule has 3 heteroatoms. The monoisotopic (exact) mass is 238 g/mol. The van der Waals surface area contributed by atoms with Crippen LogP contribution in [0.1, 0.15) is 30.6 Å². The molecule has 0 bridgehead atoms. The van der Waals surface area contributed by atoms with Gasteiger partial charge >= 0.3 is 0 Å². The first-order valence-electron chi connectivity index (χ1n) is 5.91. The molecule has 0 amide bonds. The van der Waals surface area contributed by atoms with Gasteiger partial charge in [-0.2, -0.15) is 0 Å². The van der Waals surface area contributed by atoms with Gasteiger partial charge in [0.15, 0.2) is 0 Å². The first-order valence-corrected chi connectivity index (χ1v) is 5.91. The lowest BCUT2D eigenvalue weighted by Crippen LogP contribution is -2.12. The molecule has 1 aromatic carbocycles. The second-order valence-corrected chi connectivity index (χ2v) is 4.45. The molecule has 2 unspecified atom stereocenters. The number of methoxy groups -OCH3 is 2. The SMILES string of the molecule is COCCC(C)C(O)c1ccc(C)cc1OC. The Kier molecular flexibility index (Phi) is 5.45. The van der Waals surface area contributed by atoms with Gasteiger partial charge < -0.3 is 14.6 Å². The zero-order valence-electron chi connectivity index (χ0n) is 11.1. The molecule has 2 atom stereocenters. The van der Waals surface area contributed by atoms with E-state index >= 15 is 0 Å². The van der Waals surface area contributed by atoms with Crippen molar-refractivity contribution in [2.75, 3.05) is 20.8 Å². The molecule has 3 nitrogen and oxygen atoms in total. The van der Waals surface area contributed by atoms with Gasteiger partial charge in [0.25, 0.3) is 0 Å². The molecule has 0 aliphatic carbocycles. The highest BCUT2D eigenvalue weighted by Gasteiger charge is 2.19. The largest absolute Gasteiger partial charge is 0.496 e. The Hall–Kier alpha value is -1.06. The summed E-state index contributed by atoms with van der Waals surface area (Å²) in [4.78, 5) is 0. The highest BCUT2D eigenvalue weighted by molar-refractivity contribution is 5.38. The van der Waals surface area contributed by atoms with Crippen molar-refractivity contribution in [2.24, 2.45) is 5.92 Å². The quantitative estimate of drug-likeness (QED) is 0.828. The van der Waals surface area contributed by atoms with E-state index in [4.69, 9.17) is 9.47 Å². The number of hydrogen-bond acceptors (Lipinski definition) is 3. The highest BCUT2D eigenvalue weighted by Crippen LogP contribution is 2.32. The number of rotatable bonds is 6. The summed E-state index contributed by atoms with van der Waals surface area (Å²) in [5, 5.41) is 10.3. The van der Waals surface area contributed by atoms with Crippen LogP contribution >= 0.6 is 0 Å². The number of aryl methyl sites for hydroxylation is 1. The van der Waals surface area contributed by atoms with Crippen molar-refractivity contribution in [1.82, 2.24) is 0 Å². The minimum Gasteiger partial charge on any atom is -0.496 e. The Morgan fingerprint density at radius 2 is 2.00 bits per heavy atom. The maximum absolute atomic E-state index is 10.3. The third-order valence-corrected chi connectivity index (χ3v) is 3.02. The molecule has 0 aliphatic heterocycles. The summed E-state index contributed by atoms with van der Waals surface area (Å²) in [7, 11) is 3.30. The minimum absolute atomic E-state index is 0.145. The second-order valence-electron chi connectivity index (χ2n) is 4.45. The summed E-state index contributed by atoms with van der Waals surface area (Å²) in [6.07, 6.45) is 0.315. The van der Waals surface area contributed by atoms with E-state index in [0.717, 1.165) is 23.3 Å². The maximum Gasteiger partial charge on any atom is 0.124 e. The van der Waals surface area contributed by atoms with Gasteiger partial charge in [0.05, 0.1) is 13.2 Å². The zero-order valence-corrected chi connectivity index (χ0v) is 11.1. The molecule has 17 heavy (non-hydrogen) atoms. The van der Waals surface area contributed by atoms with E-state index < -0.39 is 6.10 Å². The molecule has 0 aliphatic rings. The third kappa shape index (κ3) is 3.72. The zero-order chi connectivity index (χ0) is 12.8. The number of benzene rings is 1. The number of hydrogen-bond donors (Lipinski definition) is 1. The molecule has 1 N–H and O–H groups in total. The van der Waals surface area contributed by atoms with E-state index in [1.165, 1.54) is 0 Å². The lowest BCUT2D eigenvalue weighted by molar-refractivity contribution is 0.0865. The van der Waals surface area contributed by atoms with Crippen LogP contribution in [-0.2, 0) is 4.74 Å². The molecular formula is C14H22O3. The van der Waals surface area contributed by atoms with Crippen molar-refractivity contribution in [3.05, 3.63) is 29.3 Å².